The molecule has 2 amide bonds. The van der Waals surface area contributed by atoms with E-state index in [9.17, 15) is 9.59 Å². The maximum absolute atomic E-state index is 12.3. The van der Waals surface area contributed by atoms with E-state index in [0.29, 0.717) is 12.3 Å². The van der Waals surface area contributed by atoms with E-state index in [1.807, 2.05) is 6.92 Å². The Kier molecular flexibility index (Phi) is 4.43. The van der Waals surface area contributed by atoms with E-state index in [-0.39, 0.29) is 29.2 Å². The number of hydrogen-bond donors (Lipinski definition) is 2. The van der Waals surface area contributed by atoms with Crippen LogP contribution in [-0.4, -0.2) is 29.4 Å². The molecule has 2 atom stereocenters. The van der Waals surface area contributed by atoms with Crippen LogP contribution in [0.25, 0.3) is 0 Å². The SMILES string of the molecule is CCOC1CC(NC(=O)Nc2cccn(C)c2=O)C12CCCC2. The van der Waals surface area contributed by atoms with Gasteiger partial charge < -0.3 is 19.9 Å². The van der Waals surface area contributed by atoms with Crippen molar-refractivity contribution in [2.45, 2.75) is 51.2 Å². The molecular weight excluding hydrogens is 294 g/mol. The summed E-state index contributed by atoms with van der Waals surface area (Å²) in [5.41, 5.74) is 0.183. The van der Waals surface area contributed by atoms with Crippen molar-refractivity contribution in [3.05, 3.63) is 28.7 Å². The molecule has 3 rings (SSSR count). The fraction of sp³-hybridized carbons (Fsp3) is 0.647. The summed E-state index contributed by atoms with van der Waals surface area (Å²) >= 11 is 0. The average Bonchev–Trinajstić information content (AvgIpc) is 3.04. The van der Waals surface area contributed by atoms with Gasteiger partial charge in [0.05, 0.1) is 6.10 Å². The highest BCUT2D eigenvalue weighted by Crippen LogP contribution is 2.54. The van der Waals surface area contributed by atoms with Crippen LogP contribution in [0.2, 0.25) is 0 Å². The number of pyridine rings is 1. The lowest BCUT2D eigenvalue weighted by Gasteiger charge is -2.53. The number of carbonyl (C=O) groups excluding carboxylic acids is 1. The first-order valence-electron chi connectivity index (χ1n) is 8.41. The number of hydrogen-bond acceptors (Lipinski definition) is 3. The van der Waals surface area contributed by atoms with Crippen LogP contribution >= 0.6 is 0 Å². The first-order valence-corrected chi connectivity index (χ1v) is 8.41. The molecule has 2 N–H and O–H groups in total. The number of aryl methyl sites for hydroxylation is 1. The molecule has 0 aliphatic heterocycles. The molecule has 23 heavy (non-hydrogen) atoms. The smallest absolute Gasteiger partial charge is 0.319 e. The third-order valence-electron chi connectivity index (χ3n) is 5.36. The van der Waals surface area contributed by atoms with Gasteiger partial charge in [-0.25, -0.2) is 4.79 Å². The van der Waals surface area contributed by atoms with Gasteiger partial charge in [-0.3, -0.25) is 4.79 Å². The van der Waals surface area contributed by atoms with Crippen molar-refractivity contribution in [2.75, 3.05) is 11.9 Å². The number of rotatable bonds is 4. The number of ether oxygens (including phenoxy) is 1. The van der Waals surface area contributed by atoms with E-state index in [0.717, 1.165) is 19.3 Å². The van der Waals surface area contributed by atoms with Crippen molar-refractivity contribution >= 4 is 11.7 Å². The lowest BCUT2D eigenvalue weighted by Crippen LogP contribution is -2.64. The standard InChI is InChI=1S/C17H25N3O3/c1-3-23-14-11-13(17(14)8-4-5-9-17)19-16(22)18-12-7-6-10-20(2)15(12)21/h6-7,10,13-14H,3-5,8-9,11H2,1-2H3,(H2,18,19,22). The molecule has 6 heteroatoms. The molecule has 1 heterocycles. The number of nitrogens with zero attached hydrogens (tertiary/aromatic N) is 1. The van der Waals surface area contributed by atoms with E-state index >= 15 is 0 Å². The van der Waals surface area contributed by atoms with Gasteiger partial charge in [-0.2, -0.15) is 0 Å². The predicted molar refractivity (Wildman–Crippen MR) is 88.6 cm³/mol. The molecule has 1 spiro atoms. The second kappa shape index (κ2) is 6.35. The van der Waals surface area contributed by atoms with Gasteiger partial charge in [-0.1, -0.05) is 12.8 Å². The summed E-state index contributed by atoms with van der Waals surface area (Å²) < 4.78 is 7.30. The van der Waals surface area contributed by atoms with Crippen LogP contribution < -0.4 is 16.2 Å². The minimum Gasteiger partial charge on any atom is -0.378 e. The fourth-order valence-corrected chi connectivity index (χ4v) is 4.10. The second-order valence-corrected chi connectivity index (χ2v) is 6.61. The molecule has 0 radical (unpaired) electrons. The largest absolute Gasteiger partial charge is 0.378 e. The highest BCUT2D eigenvalue weighted by Gasteiger charge is 2.57. The Morgan fingerprint density at radius 1 is 1.43 bits per heavy atom. The van der Waals surface area contributed by atoms with Crippen LogP contribution in [0.3, 0.4) is 0 Å². The Bertz CT molecular complexity index is 634. The van der Waals surface area contributed by atoms with Gasteiger partial charge >= 0.3 is 6.03 Å². The second-order valence-electron chi connectivity index (χ2n) is 6.61. The van der Waals surface area contributed by atoms with E-state index in [4.69, 9.17) is 4.74 Å². The number of anilines is 1. The molecule has 6 nitrogen and oxygen atoms in total. The predicted octanol–water partition coefficient (Wildman–Crippen LogP) is 2.24. The van der Waals surface area contributed by atoms with Crippen LogP contribution in [0.1, 0.15) is 39.0 Å². The fourth-order valence-electron chi connectivity index (χ4n) is 4.10. The molecule has 2 unspecified atom stereocenters. The average molecular weight is 319 g/mol. The number of nitrogens with one attached hydrogen (secondary N) is 2. The molecule has 1 aromatic heterocycles. The van der Waals surface area contributed by atoms with Gasteiger partial charge in [0.1, 0.15) is 5.69 Å². The van der Waals surface area contributed by atoms with Crippen molar-refractivity contribution in [1.82, 2.24) is 9.88 Å². The summed E-state index contributed by atoms with van der Waals surface area (Å²) in [5.74, 6) is 0. The summed E-state index contributed by atoms with van der Waals surface area (Å²) in [6.45, 7) is 2.73. The molecule has 2 aliphatic rings. The Hall–Kier alpha value is -1.82. The molecule has 126 valence electrons. The molecule has 1 aromatic rings. The number of carbonyl (C=O) groups is 1. The summed E-state index contributed by atoms with van der Waals surface area (Å²) in [5, 5.41) is 5.73. The highest BCUT2D eigenvalue weighted by molar-refractivity contribution is 5.89. The van der Waals surface area contributed by atoms with Crippen molar-refractivity contribution in [1.29, 1.82) is 0 Å². The molecule has 2 fully saturated rings. The Labute approximate surface area is 136 Å². The van der Waals surface area contributed by atoms with E-state index < -0.39 is 0 Å². The van der Waals surface area contributed by atoms with Crippen molar-refractivity contribution in [3.8, 4) is 0 Å². The van der Waals surface area contributed by atoms with E-state index in [1.165, 1.54) is 17.4 Å². The van der Waals surface area contributed by atoms with Gasteiger partial charge in [0.15, 0.2) is 0 Å². The van der Waals surface area contributed by atoms with Crippen LogP contribution in [0.4, 0.5) is 10.5 Å². The highest BCUT2D eigenvalue weighted by atomic mass is 16.5. The topological polar surface area (TPSA) is 72.4 Å². The summed E-state index contributed by atoms with van der Waals surface area (Å²) in [4.78, 5) is 24.2. The Balaban J connectivity index is 1.64. The van der Waals surface area contributed by atoms with Crippen LogP contribution in [0.5, 0.6) is 0 Å². The Morgan fingerprint density at radius 2 is 2.17 bits per heavy atom. The Morgan fingerprint density at radius 3 is 2.87 bits per heavy atom. The minimum absolute atomic E-state index is 0.0923. The maximum atomic E-state index is 12.3. The van der Waals surface area contributed by atoms with Gasteiger partial charge in [0.2, 0.25) is 0 Å². The number of amides is 2. The third kappa shape index (κ3) is 2.87. The van der Waals surface area contributed by atoms with Crippen molar-refractivity contribution in [2.24, 2.45) is 12.5 Å². The van der Waals surface area contributed by atoms with E-state index in [1.54, 1.807) is 25.4 Å². The van der Waals surface area contributed by atoms with Crippen LogP contribution in [0.15, 0.2) is 23.1 Å². The molecule has 0 saturated heterocycles. The summed E-state index contributed by atoms with van der Waals surface area (Å²) in [6.07, 6.45) is 7.38. The monoisotopic (exact) mass is 319 g/mol. The maximum Gasteiger partial charge on any atom is 0.319 e. The lowest BCUT2D eigenvalue weighted by molar-refractivity contribution is -0.126. The zero-order chi connectivity index (χ0) is 16.4. The first kappa shape index (κ1) is 16.1. The van der Waals surface area contributed by atoms with Crippen molar-refractivity contribution in [3.63, 3.8) is 0 Å². The van der Waals surface area contributed by atoms with E-state index in [2.05, 4.69) is 10.6 Å². The molecule has 0 bridgehead atoms. The van der Waals surface area contributed by atoms with Crippen molar-refractivity contribution < 1.29 is 9.53 Å². The molecule has 2 saturated carbocycles. The zero-order valence-electron chi connectivity index (χ0n) is 13.8. The number of aromatic nitrogens is 1. The first-order chi connectivity index (χ1) is 11.1. The molecular formula is C17H25N3O3. The quantitative estimate of drug-likeness (QED) is 0.894. The van der Waals surface area contributed by atoms with Gasteiger partial charge in [-0.05, 0) is 38.3 Å². The van der Waals surface area contributed by atoms with Crippen LogP contribution in [-0.2, 0) is 11.8 Å². The lowest BCUT2D eigenvalue weighted by atomic mass is 9.60. The summed E-state index contributed by atoms with van der Waals surface area (Å²) in [6, 6.07) is 3.19. The van der Waals surface area contributed by atoms with Gasteiger partial charge in [-0.15, -0.1) is 0 Å². The minimum atomic E-state index is -0.306. The zero-order valence-corrected chi connectivity index (χ0v) is 13.8. The normalized spacial score (nSPS) is 25.1. The van der Waals surface area contributed by atoms with Crippen LogP contribution in [0, 0.1) is 5.41 Å². The molecule has 2 aliphatic carbocycles. The van der Waals surface area contributed by atoms with Gasteiger partial charge in [0, 0.05) is 31.3 Å². The molecule has 0 aromatic carbocycles. The summed E-state index contributed by atoms with van der Waals surface area (Å²) in [7, 11) is 1.66. The number of urea groups is 1. The van der Waals surface area contributed by atoms with Gasteiger partial charge in [0.25, 0.3) is 5.56 Å². The third-order valence-corrected chi connectivity index (χ3v) is 5.36.